The van der Waals surface area contributed by atoms with Crippen LogP contribution in [0.3, 0.4) is 0 Å². The van der Waals surface area contributed by atoms with Gasteiger partial charge in [0.15, 0.2) is 5.90 Å². The summed E-state index contributed by atoms with van der Waals surface area (Å²) >= 11 is 6.25. The summed E-state index contributed by atoms with van der Waals surface area (Å²) in [6.45, 7) is 0. The van der Waals surface area contributed by atoms with E-state index in [9.17, 15) is 9.13 Å². The Morgan fingerprint density at radius 3 is 0.844 bits per heavy atom. The van der Waals surface area contributed by atoms with Crippen molar-refractivity contribution in [1.82, 2.24) is 0 Å². The molecule has 2 nitrogen and oxygen atoms in total. The van der Waals surface area contributed by atoms with Crippen LogP contribution in [0, 0.1) is 0 Å². The molecule has 0 atom stereocenters. The van der Waals surface area contributed by atoms with Gasteiger partial charge in [0, 0.05) is 0 Å². The summed E-state index contributed by atoms with van der Waals surface area (Å²) < 4.78 is 24.4. The molecule has 0 aliphatic heterocycles. The minimum absolute atomic E-state index is 0.250. The van der Waals surface area contributed by atoms with Gasteiger partial charge in [-0.05, 0) is 48.5 Å². The van der Waals surface area contributed by atoms with Gasteiger partial charge in [-0.15, -0.1) is 0 Å². The summed E-state index contributed by atoms with van der Waals surface area (Å²) in [4.78, 5) is 0. The molecule has 0 fully saturated rings. The fourth-order valence-corrected chi connectivity index (χ4v) is 11.9. The Morgan fingerprint density at radius 1 is 0.469 bits per heavy atom. The van der Waals surface area contributed by atoms with E-state index in [1.165, 1.54) is 0 Å². The molecule has 0 saturated carbocycles. The Morgan fingerprint density at radius 2 is 0.656 bits per heavy atom. The van der Waals surface area contributed by atoms with E-state index in [0.717, 1.165) is 21.2 Å². The molecule has 0 radical (unpaired) electrons. The molecule has 2 N–H and O–H groups in total. The SMILES string of the molecule is [Br][Zn][Br].[OH+]=P(CP(=[OH+])(c1ccccc1)c1ccccc1)(c1ccccc1)c1ccccc1. The maximum Gasteiger partial charge on any atom is 0.298 e. The van der Waals surface area contributed by atoms with E-state index >= 15 is 0 Å². The molecule has 0 unspecified atom stereocenters. The predicted molar refractivity (Wildman–Crippen MR) is 145 cm³/mol. The zero-order valence-corrected chi connectivity index (χ0v) is 25.4. The maximum atomic E-state index is 12.2. The fourth-order valence-electron chi connectivity index (χ4n) is 3.62. The molecule has 160 valence electrons. The molecule has 4 rings (SSSR count). The summed E-state index contributed by atoms with van der Waals surface area (Å²) in [5.41, 5.74) is 0. The van der Waals surface area contributed by atoms with Crippen molar-refractivity contribution >= 4 is 62.7 Å². The van der Waals surface area contributed by atoms with Gasteiger partial charge in [0.1, 0.15) is 0 Å². The molecule has 0 bridgehead atoms. The Balaban J connectivity index is 0.000000913. The fraction of sp³-hybridized carbons (Fsp3) is 0.0400. The third kappa shape index (κ3) is 6.08. The summed E-state index contributed by atoms with van der Waals surface area (Å²) in [6.07, 6.45) is 0. The van der Waals surface area contributed by atoms with Crippen LogP contribution < -0.4 is 21.2 Å². The second-order valence-corrected chi connectivity index (χ2v) is 27.5. The van der Waals surface area contributed by atoms with Gasteiger partial charge < -0.3 is 9.13 Å². The van der Waals surface area contributed by atoms with Crippen LogP contribution in [0.5, 0.6) is 0 Å². The molecule has 0 spiro atoms. The van der Waals surface area contributed by atoms with Gasteiger partial charge in [-0.1, -0.05) is 72.8 Å². The quantitative estimate of drug-likeness (QED) is 0.130. The standard InChI is InChI=1S/C25H22O2P2.2BrH.Zn/c26-28(22-13-5-1-6-14-22,23-15-7-2-8-16-23)21-29(27,24-17-9-3-10-18-24)25-19-11-4-12-20-25;;;/h1-20H,21H2;2*1H;/q;;;+2. The molecule has 4 aromatic carbocycles. The van der Waals surface area contributed by atoms with Crippen molar-refractivity contribution in [3.05, 3.63) is 121 Å². The van der Waals surface area contributed by atoms with Gasteiger partial charge >= 0.3 is 40.5 Å². The first-order valence-corrected chi connectivity index (χ1v) is 27.9. The van der Waals surface area contributed by atoms with Crippen LogP contribution in [0.4, 0.5) is 0 Å². The predicted octanol–water partition coefficient (Wildman–Crippen LogP) is 6.54. The van der Waals surface area contributed by atoms with E-state index in [1.807, 2.05) is 121 Å². The first-order valence-electron chi connectivity index (χ1n) is 10.1. The molecule has 7 heteroatoms. The van der Waals surface area contributed by atoms with Gasteiger partial charge in [-0.3, -0.25) is 0 Å². The first kappa shape index (κ1) is 25.5. The van der Waals surface area contributed by atoms with Crippen molar-refractivity contribution in [2.24, 2.45) is 0 Å². The average Bonchev–Trinajstić information content (AvgIpc) is 2.86. The van der Waals surface area contributed by atoms with Crippen LogP contribution in [0.25, 0.3) is 0 Å². The van der Waals surface area contributed by atoms with Crippen molar-refractivity contribution in [1.29, 1.82) is 0 Å². The molecular formula is C25H24Br2O2P2Zn+2. The van der Waals surface area contributed by atoms with Gasteiger partial charge in [0.25, 0.3) is 14.3 Å². The van der Waals surface area contributed by atoms with Crippen LogP contribution in [-0.4, -0.2) is 15.0 Å². The minimum atomic E-state index is -2.83. The van der Waals surface area contributed by atoms with Crippen LogP contribution in [0.1, 0.15) is 0 Å². The second-order valence-electron chi connectivity index (χ2n) is 7.12. The number of benzene rings is 4. The smallest absolute Gasteiger partial charge is 0.298 e. The number of hydrogen-bond donors (Lipinski definition) is 0. The van der Waals surface area contributed by atoms with E-state index in [4.69, 9.17) is 0 Å². The Bertz CT molecular complexity index is 1010. The third-order valence-corrected chi connectivity index (χ3v) is 13.0. The van der Waals surface area contributed by atoms with Crippen molar-refractivity contribution in [2.75, 3.05) is 5.90 Å². The molecule has 0 aliphatic carbocycles. The number of halogens is 2. The topological polar surface area (TPSA) is 42.8 Å². The van der Waals surface area contributed by atoms with Crippen LogP contribution in [-0.2, 0) is 13.2 Å². The zero-order valence-electron chi connectivity index (χ0n) is 17.5. The largest absolute Gasteiger partial charge is 0.310 e. The first-order chi connectivity index (χ1) is 15.5. The van der Waals surface area contributed by atoms with Gasteiger partial charge in [0.05, 0.1) is 21.2 Å². The summed E-state index contributed by atoms with van der Waals surface area (Å²) in [7, 11) is -5.65. The van der Waals surface area contributed by atoms with E-state index in [0.29, 0.717) is 5.90 Å². The van der Waals surface area contributed by atoms with E-state index in [-0.39, 0.29) is 13.2 Å². The zero-order chi connectivity index (χ0) is 22.9. The van der Waals surface area contributed by atoms with Crippen LogP contribution in [0.2, 0.25) is 0 Å². The molecule has 0 aromatic heterocycles. The van der Waals surface area contributed by atoms with Crippen molar-refractivity contribution in [3.8, 4) is 0 Å². The van der Waals surface area contributed by atoms with E-state index in [2.05, 4.69) is 27.2 Å². The van der Waals surface area contributed by atoms with Gasteiger partial charge in [-0.2, -0.15) is 0 Å². The van der Waals surface area contributed by atoms with Gasteiger partial charge in [0.2, 0.25) is 0 Å². The molecule has 0 aliphatic rings. The molecule has 0 saturated heterocycles. The monoisotopic (exact) mass is 640 g/mol. The Kier molecular flexibility index (Phi) is 9.90. The van der Waals surface area contributed by atoms with E-state index in [1.54, 1.807) is 0 Å². The van der Waals surface area contributed by atoms with Crippen molar-refractivity contribution in [2.45, 2.75) is 0 Å². The third-order valence-electron chi connectivity index (χ3n) is 5.14. The molecule has 4 aromatic rings. The molecule has 0 heterocycles. The van der Waals surface area contributed by atoms with E-state index < -0.39 is 14.3 Å². The summed E-state index contributed by atoms with van der Waals surface area (Å²) in [5.74, 6) is 0.308. The maximum absolute atomic E-state index is 12.2. The van der Waals surface area contributed by atoms with Crippen molar-refractivity contribution < 1.29 is 22.3 Å². The van der Waals surface area contributed by atoms with Crippen LogP contribution in [0.15, 0.2) is 121 Å². The molecule has 32 heavy (non-hydrogen) atoms. The summed E-state index contributed by atoms with van der Waals surface area (Å²) in [5, 5.41) is 3.54. The molecule has 0 amide bonds. The Labute approximate surface area is 210 Å². The molecular weight excluding hydrogens is 619 g/mol. The van der Waals surface area contributed by atoms with Crippen LogP contribution >= 0.6 is 41.5 Å². The van der Waals surface area contributed by atoms with Crippen molar-refractivity contribution in [3.63, 3.8) is 0 Å². The number of hydrogen-bond acceptors (Lipinski definition) is 0. The summed E-state index contributed by atoms with van der Waals surface area (Å²) in [6, 6.07) is 39.2. The number of rotatable bonds is 6. The van der Waals surface area contributed by atoms with Gasteiger partial charge in [-0.25, -0.2) is 0 Å². The second kappa shape index (κ2) is 12.4. The normalized spacial score (nSPS) is 11.1. The average molecular weight is 644 g/mol. The Hall–Kier alpha value is -1.08. The minimum Gasteiger partial charge on any atom is -0.310 e.